The highest BCUT2D eigenvalue weighted by molar-refractivity contribution is 5.82. The van der Waals surface area contributed by atoms with E-state index in [4.69, 9.17) is 15.5 Å². The van der Waals surface area contributed by atoms with E-state index in [-0.39, 0.29) is 89.9 Å². The first kappa shape index (κ1) is 51.5. The second kappa shape index (κ2) is 18.3. The molecule has 0 radical (unpaired) electrons. The quantitative estimate of drug-likeness (QED) is 0.0481. The van der Waals surface area contributed by atoms with Crippen molar-refractivity contribution in [2.45, 2.75) is 133 Å². The Balaban J connectivity index is 0.000000123. The highest BCUT2D eigenvalue weighted by Crippen LogP contribution is 2.71. The third kappa shape index (κ3) is 7.43. The van der Waals surface area contributed by atoms with Gasteiger partial charge < -0.3 is 15.5 Å². The Bertz CT molecular complexity index is 3520. The summed E-state index contributed by atoms with van der Waals surface area (Å²) in [4.78, 5) is 4.19. The van der Waals surface area contributed by atoms with Gasteiger partial charge in [-0.3, -0.25) is 0 Å². The minimum atomic E-state index is -0.659. The molecule has 0 aliphatic heterocycles. The van der Waals surface area contributed by atoms with E-state index in [1.807, 2.05) is 6.07 Å². The monoisotopic (exact) mass is 1050 g/mol. The van der Waals surface area contributed by atoms with Crippen LogP contribution in [-0.2, 0) is 22.7 Å². The highest BCUT2D eigenvalue weighted by atomic mass is 19.2. The van der Waals surface area contributed by atoms with Crippen molar-refractivity contribution in [1.29, 1.82) is 5.26 Å². The van der Waals surface area contributed by atoms with Crippen LogP contribution in [0.15, 0.2) is 88.9 Å². The van der Waals surface area contributed by atoms with Crippen molar-refractivity contribution >= 4 is 5.84 Å². The van der Waals surface area contributed by atoms with Gasteiger partial charge in [-0.2, -0.15) is 40.8 Å². The topological polar surface area (TPSA) is 199 Å². The maximum atomic E-state index is 14.2. The Morgan fingerprint density at radius 1 is 0.597 bits per heavy atom. The van der Waals surface area contributed by atoms with E-state index in [0.29, 0.717) is 25.1 Å². The molecular formula is C58H55F6N11O2. The predicted molar refractivity (Wildman–Crippen MR) is 271 cm³/mol. The fraction of sp³-hybridized carbons (Fsp3) is 0.414. The van der Waals surface area contributed by atoms with Crippen LogP contribution in [0.4, 0.5) is 26.3 Å². The number of oxime groups is 1. The molecule has 6 aliphatic rings. The Morgan fingerprint density at radius 2 is 0.961 bits per heavy atom. The first-order valence-electron chi connectivity index (χ1n) is 25.7. The number of nitrogens with two attached hydrogens (primary N) is 1. The lowest BCUT2D eigenvalue weighted by atomic mass is 9.66. The lowest BCUT2D eigenvalue weighted by Crippen LogP contribution is -2.39. The molecule has 13 nitrogen and oxygen atoms in total. The molecule has 3 aromatic carbocycles. The average molecular weight is 1050 g/mol. The van der Waals surface area contributed by atoms with Gasteiger partial charge in [0.2, 0.25) is 6.39 Å². The summed E-state index contributed by atoms with van der Waals surface area (Å²) in [6.07, 6.45) is 8.31. The molecule has 3 N–H and O–H groups in total. The van der Waals surface area contributed by atoms with Gasteiger partial charge in [0, 0.05) is 35.5 Å². The van der Waals surface area contributed by atoms with Crippen LogP contribution in [0.5, 0.6) is 0 Å². The van der Waals surface area contributed by atoms with E-state index in [2.05, 4.69) is 93.5 Å². The van der Waals surface area contributed by atoms with Crippen LogP contribution in [0, 0.1) is 62.5 Å². The van der Waals surface area contributed by atoms with Gasteiger partial charge in [-0.15, -0.1) is 0 Å². The summed E-state index contributed by atoms with van der Waals surface area (Å²) >= 11 is 0. The number of hydrogen-bond donors (Lipinski definition) is 2. The normalized spacial score (nSPS) is 25.8. The molecule has 0 spiro atoms. The lowest BCUT2D eigenvalue weighted by Gasteiger charge is -2.37. The van der Waals surface area contributed by atoms with Crippen molar-refractivity contribution in [2.24, 2.45) is 27.1 Å². The van der Waals surface area contributed by atoms with E-state index in [1.54, 1.807) is 12.1 Å². The second-order valence-corrected chi connectivity index (χ2v) is 23.2. The molecule has 19 heteroatoms. The zero-order valence-corrected chi connectivity index (χ0v) is 43.3. The minimum absolute atomic E-state index is 0.0863. The molecule has 77 heavy (non-hydrogen) atoms. The zero-order chi connectivity index (χ0) is 54.6. The summed E-state index contributed by atoms with van der Waals surface area (Å²) in [5.74, 6) is -2.39. The van der Waals surface area contributed by atoms with Gasteiger partial charge in [-0.25, -0.2) is 26.3 Å². The predicted octanol–water partition coefficient (Wildman–Crippen LogP) is 12.4. The van der Waals surface area contributed by atoms with Gasteiger partial charge in [0.05, 0.1) is 56.9 Å². The Labute approximate surface area is 440 Å². The van der Waals surface area contributed by atoms with Crippen molar-refractivity contribution in [3.05, 3.63) is 154 Å². The molecule has 6 bridgehead atoms. The molecule has 6 aliphatic carbocycles. The minimum Gasteiger partial charge on any atom is -0.409 e. The Kier molecular flexibility index (Phi) is 12.2. The molecule has 4 aromatic heterocycles. The number of hydrogen-bond acceptors (Lipinski definition) is 12. The molecule has 13 rings (SSSR count). The summed E-state index contributed by atoms with van der Waals surface area (Å²) in [6, 6.07) is 19.0. The number of amidine groups is 1. The number of benzene rings is 3. The molecule has 6 atom stereocenters. The summed E-state index contributed by atoms with van der Waals surface area (Å²) in [5, 5.41) is 51.1. The summed E-state index contributed by atoms with van der Waals surface area (Å²) in [5.41, 5.74) is 10.3. The van der Waals surface area contributed by atoms with E-state index in [0.717, 1.165) is 72.3 Å². The Hall–Kier alpha value is -7.62. The van der Waals surface area contributed by atoms with Crippen molar-refractivity contribution < 1.29 is 36.1 Å². The second-order valence-electron chi connectivity index (χ2n) is 23.2. The molecule has 396 valence electrons. The van der Waals surface area contributed by atoms with Crippen LogP contribution in [0.1, 0.15) is 150 Å². The van der Waals surface area contributed by atoms with Gasteiger partial charge in [0.15, 0.2) is 5.82 Å². The van der Waals surface area contributed by atoms with Gasteiger partial charge in [-0.1, -0.05) is 70.1 Å². The van der Waals surface area contributed by atoms with Crippen LogP contribution < -0.4 is 5.73 Å². The summed E-state index contributed by atoms with van der Waals surface area (Å²) in [6.45, 7) is 13.0. The Morgan fingerprint density at radius 3 is 1.35 bits per heavy atom. The fourth-order valence-electron chi connectivity index (χ4n) is 15.1. The molecule has 0 amide bonds. The van der Waals surface area contributed by atoms with Crippen LogP contribution in [-0.4, -0.2) is 51.8 Å². The van der Waals surface area contributed by atoms with Crippen molar-refractivity contribution in [1.82, 2.24) is 40.7 Å². The summed E-state index contributed by atoms with van der Waals surface area (Å²) < 4.78 is 89.8. The number of rotatable bonds is 8. The molecule has 3 fully saturated rings. The number of aromatic nitrogens is 8. The number of halogens is 6. The molecule has 0 saturated heterocycles. The molecule has 7 aromatic rings. The van der Waals surface area contributed by atoms with Gasteiger partial charge >= 0.3 is 0 Å². The number of nitrogens with zero attached hydrogens (tertiary/aromatic N) is 10. The van der Waals surface area contributed by atoms with Crippen molar-refractivity contribution in [3.63, 3.8) is 0 Å². The van der Waals surface area contributed by atoms with Crippen molar-refractivity contribution in [3.8, 4) is 39.8 Å². The average Bonchev–Trinajstić information content (AvgIpc) is 4.30. The lowest BCUT2D eigenvalue weighted by molar-refractivity contribution is 0.199. The van der Waals surface area contributed by atoms with Gasteiger partial charge in [0.25, 0.3) is 0 Å². The molecular weight excluding hydrogens is 997 g/mol. The first-order valence-corrected chi connectivity index (χ1v) is 25.7. The SMILES string of the molecule is CC1(C)[C@H]2CC[C@]1(CC#N)c1nnc(-c3c(F)cccc3F)cc12.CC1(C)[C@H]2CC[C@]1(CC(N)=NO)c1nnc(-c3c(F)cccc3F)cc12.CC1(C)[C@H]2CC[C@]1(Cc1ncon1)c1nnc(-c3c(F)cccc3F)cc12. The van der Waals surface area contributed by atoms with Crippen LogP contribution >= 0.6 is 0 Å². The van der Waals surface area contributed by atoms with Gasteiger partial charge in [0.1, 0.15) is 40.7 Å². The van der Waals surface area contributed by atoms with Crippen LogP contribution in [0.3, 0.4) is 0 Å². The van der Waals surface area contributed by atoms with E-state index in [9.17, 15) is 31.6 Å². The van der Waals surface area contributed by atoms with E-state index < -0.39 is 34.9 Å². The summed E-state index contributed by atoms with van der Waals surface area (Å²) in [7, 11) is 0. The standard InChI is InChI=1S/C20H18F2N4O.C19H20F2N4O.C19H17F2N3/c1-19(2)12-6-7-20(19,9-16-23-10-27-26-16)18-11(12)8-15(24-25-18)17-13(21)4-3-5-14(17)22;1-18(2)11-6-7-19(18,9-15(22)25-26)17-10(11)8-14(23-24-17)16-12(20)4-3-5-13(16)21;1-18(2)12-6-7-19(18,8-9-22)17-11(12)10-15(23-24-17)16-13(20)4-3-5-14(16)21/h3-5,8,10,12H,6-7,9H2,1-2H3;3-5,8,11,26H,6-7,9H2,1-2H3,(H2,22,25);3-5,10,12H,6-8H2,1-2H3/t12-,20-;11-,19-;12-,19-/m000/s1. The zero-order valence-electron chi connectivity index (χ0n) is 43.3. The number of nitriles is 1. The van der Waals surface area contributed by atoms with Crippen molar-refractivity contribution in [2.75, 3.05) is 0 Å². The third-order valence-corrected chi connectivity index (χ3v) is 19.4. The van der Waals surface area contributed by atoms with Crippen LogP contribution in [0.2, 0.25) is 0 Å². The third-order valence-electron chi connectivity index (χ3n) is 19.4. The van der Waals surface area contributed by atoms with E-state index in [1.165, 1.54) is 61.0 Å². The molecule has 4 heterocycles. The number of fused-ring (bicyclic) bond motifs is 15. The maximum Gasteiger partial charge on any atom is 0.213 e. The molecule has 0 unspecified atom stereocenters. The van der Waals surface area contributed by atoms with E-state index >= 15 is 0 Å². The highest BCUT2D eigenvalue weighted by Gasteiger charge is 2.66. The smallest absolute Gasteiger partial charge is 0.213 e. The first-order chi connectivity index (χ1) is 36.7. The largest absolute Gasteiger partial charge is 0.409 e. The maximum absolute atomic E-state index is 14.2. The van der Waals surface area contributed by atoms with Gasteiger partial charge in [-0.05, 0) is 144 Å². The van der Waals surface area contributed by atoms with Crippen LogP contribution in [0.25, 0.3) is 33.8 Å². The fourth-order valence-corrected chi connectivity index (χ4v) is 15.1. The molecule has 3 saturated carbocycles.